The number of anilines is 1. The van der Waals surface area contributed by atoms with E-state index in [9.17, 15) is 18.0 Å². The molecule has 0 atom stereocenters. The van der Waals surface area contributed by atoms with Crippen LogP contribution in [0.4, 0.5) is 5.69 Å². The molecular formula is C18H19N3O5S. The summed E-state index contributed by atoms with van der Waals surface area (Å²) in [6, 6.07) is 10.4. The van der Waals surface area contributed by atoms with Gasteiger partial charge in [0.05, 0.1) is 21.7 Å². The summed E-state index contributed by atoms with van der Waals surface area (Å²) in [5.74, 6) is -0.769. The average Bonchev–Trinajstić information content (AvgIpc) is 2.99. The fourth-order valence-corrected chi connectivity index (χ4v) is 3.55. The number of aromatic amines is 1. The molecule has 2 aromatic carbocycles. The van der Waals surface area contributed by atoms with Gasteiger partial charge in [-0.3, -0.25) is 14.5 Å². The Morgan fingerprint density at radius 1 is 1.19 bits per heavy atom. The van der Waals surface area contributed by atoms with E-state index < -0.39 is 15.8 Å². The molecule has 1 aromatic heterocycles. The quantitative estimate of drug-likeness (QED) is 0.597. The highest BCUT2D eigenvalue weighted by Crippen LogP contribution is 2.22. The second-order valence-electron chi connectivity index (χ2n) is 6.43. The molecule has 0 fully saturated rings. The molecule has 27 heavy (non-hydrogen) atoms. The first-order chi connectivity index (χ1) is 12.8. The number of rotatable bonds is 6. The van der Waals surface area contributed by atoms with Crippen LogP contribution < -0.4 is 15.8 Å². The Labute approximate surface area is 155 Å². The van der Waals surface area contributed by atoms with Gasteiger partial charge in [0.25, 0.3) is 15.9 Å². The number of H-pyrrole nitrogens is 1. The molecule has 0 aliphatic carbocycles. The van der Waals surface area contributed by atoms with E-state index in [0.29, 0.717) is 12.1 Å². The van der Waals surface area contributed by atoms with Crippen LogP contribution >= 0.6 is 0 Å². The second-order valence-corrected chi connectivity index (χ2v) is 8.11. The van der Waals surface area contributed by atoms with Gasteiger partial charge in [-0.05, 0) is 30.2 Å². The van der Waals surface area contributed by atoms with Gasteiger partial charge in [0.1, 0.15) is 0 Å². The van der Waals surface area contributed by atoms with Crippen LogP contribution in [0.3, 0.4) is 0 Å². The number of fused-ring (bicyclic) bond motifs is 1. The van der Waals surface area contributed by atoms with Crippen LogP contribution in [0.15, 0.2) is 56.6 Å². The molecule has 0 radical (unpaired) electrons. The van der Waals surface area contributed by atoms with E-state index in [4.69, 9.17) is 4.42 Å². The second kappa shape index (κ2) is 7.28. The molecule has 3 rings (SSSR count). The topological polar surface area (TPSA) is 121 Å². The zero-order valence-electron chi connectivity index (χ0n) is 14.8. The number of hydrogen-bond acceptors (Lipinski definition) is 5. The number of carbonyl (C=O) groups excluding carboxylic acids is 1. The lowest BCUT2D eigenvalue weighted by Gasteiger charge is -2.13. The number of sulfonamides is 1. The molecule has 9 heteroatoms. The Morgan fingerprint density at radius 2 is 1.93 bits per heavy atom. The van der Waals surface area contributed by atoms with E-state index in [1.54, 1.807) is 18.2 Å². The summed E-state index contributed by atoms with van der Waals surface area (Å²) < 4.78 is 32.8. The lowest BCUT2D eigenvalue weighted by Crippen LogP contribution is -2.28. The lowest BCUT2D eigenvalue weighted by molar-refractivity contribution is 0.0950. The van der Waals surface area contributed by atoms with E-state index >= 15 is 0 Å². The molecule has 0 saturated heterocycles. The van der Waals surface area contributed by atoms with E-state index in [-0.39, 0.29) is 33.6 Å². The molecule has 1 heterocycles. The van der Waals surface area contributed by atoms with Crippen molar-refractivity contribution < 1.29 is 17.6 Å². The van der Waals surface area contributed by atoms with E-state index in [1.165, 1.54) is 24.3 Å². The number of oxazole rings is 1. The largest absolute Gasteiger partial charge is 0.417 e. The van der Waals surface area contributed by atoms with Crippen LogP contribution in [0.25, 0.3) is 11.1 Å². The van der Waals surface area contributed by atoms with Crippen molar-refractivity contribution >= 4 is 32.7 Å². The van der Waals surface area contributed by atoms with Gasteiger partial charge in [0, 0.05) is 12.6 Å². The third kappa shape index (κ3) is 4.20. The van der Waals surface area contributed by atoms with E-state index in [1.807, 2.05) is 13.8 Å². The van der Waals surface area contributed by atoms with Crippen molar-refractivity contribution in [3.05, 3.63) is 58.6 Å². The minimum Gasteiger partial charge on any atom is -0.408 e. The maximum Gasteiger partial charge on any atom is 0.417 e. The van der Waals surface area contributed by atoms with Crippen molar-refractivity contribution in [3.63, 3.8) is 0 Å². The molecule has 1 amide bonds. The summed E-state index contributed by atoms with van der Waals surface area (Å²) in [5.41, 5.74) is 0.906. The van der Waals surface area contributed by atoms with Gasteiger partial charge < -0.3 is 9.73 Å². The third-order valence-electron chi connectivity index (χ3n) is 3.79. The van der Waals surface area contributed by atoms with Crippen molar-refractivity contribution in [2.45, 2.75) is 18.7 Å². The monoisotopic (exact) mass is 389 g/mol. The number of nitrogens with one attached hydrogen (secondary N) is 3. The van der Waals surface area contributed by atoms with Crippen molar-refractivity contribution in [2.75, 3.05) is 11.3 Å². The molecule has 3 aromatic rings. The molecule has 0 spiro atoms. The van der Waals surface area contributed by atoms with Crippen LogP contribution in [0.5, 0.6) is 0 Å². The Morgan fingerprint density at radius 3 is 2.67 bits per heavy atom. The molecule has 0 bridgehead atoms. The third-order valence-corrected chi connectivity index (χ3v) is 5.15. The number of para-hydroxylation sites is 1. The normalized spacial score (nSPS) is 11.7. The molecule has 0 unspecified atom stereocenters. The summed E-state index contributed by atoms with van der Waals surface area (Å²) in [6.07, 6.45) is 0. The Kier molecular flexibility index (Phi) is 5.04. The smallest absolute Gasteiger partial charge is 0.408 e. The summed E-state index contributed by atoms with van der Waals surface area (Å²) >= 11 is 0. The van der Waals surface area contributed by atoms with E-state index in [2.05, 4.69) is 15.0 Å². The van der Waals surface area contributed by atoms with Crippen LogP contribution in [0, 0.1) is 5.92 Å². The molecule has 0 aliphatic heterocycles. The highest BCUT2D eigenvalue weighted by atomic mass is 32.2. The average molecular weight is 389 g/mol. The predicted octanol–water partition coefficient (Wildman–Crippen LogP) is 2.31. The van der Waals surface area contributed by atoms with Crippen LogP contribution in [0.2, 0.25) is 0 Å². The first-order valence-electron chi connectivity index (χ1n) is 8.29. The summed E-state index contributed by atoms with van der Waals surface area (Å²) in [7, 11) is -3.99. The van der Waals surface area contributed by atoms with E-state index in [0.717, 1.165) is 0 Å². The van der Waals surface area contributed by atoms with Crippen LogP contribution in [-0.4, -0.2) is 25.9 Å². The number of aromatic nitrogens is 1. The summed E-state index contributed by atoms with van der Waals surface area (Å²) in [5, 5.41) is 2.76. The first-order valence-corrected chi connectivity index (χ1v) is 9.77. The first kappa shape index (κ1) is 18.7. The molecule has 0 aliphatic rings. The highest BCUT2D eigenvalue weighted by Gasteiger charge is 2.19. The highest BCUT2D eigenvalue weighted by molar-refractivity contribution is 7.92. The fourth-order valence-electron chi connectivity index (χ4n) is 2.46. The van der Waals surface area contributed by atoms with Gasteiger partial charge in [-0.2, -0.15) is 0 Å². The summed E-state index contributed by atoms with van der Waals surface area (Å²) in [6.45, 7) is 4.40. The van der Waals surface area contributed by atoms with Gasteiger partial charge in [0.15, 0.2) is 5.58 Å². The minimum atomic E-state index is -3.99. The van der Waals surface area contributed by atoms with Crippen molar-refractivity contribution in [2.24, 2.45) is 5.92 Å². The number of carbonyl (C=O) groups is 1. The lowest BCUT2D eigenvalue weighted by atomic mass is 10.1. The SMILES string of the molecule is CC(C)CNC(=O)c1ccccc1NS(=O)(=O)c1ccc2[nH]c(=O)oc2c1. The molecule has 142 valence electrons. The van der Waals surface area contributed by atoms with Crippen molar-refractivity contribution in [1.82, 2.24) is 10.3 Å². The molecular weight excluding hydrogens is 370 g/mol. The van der Waals surface area contributed by atoms with Gasteiger partial charge in [0.2, 0.25) is 0 Å². The Balaban J connectivity index is 1.91. The van der Waals surface area contributed by atoms with Crippen molar-refractivity contribution in [3.8, 4) is 0 Å². The Bertz CT molecular complexity index is 1150. The van der Waals surface area contributed by atoms with Crippen LogP contribution in [-0.2, 0) is 10.0 Å². The molecule has 8 nitrogen and oxygen atoms in total. The zero-order chi connectivity index (χ0) is 19.6. The predicted molar refractivity (Wildman–Crippen MR) is 101 cm³/mol. The Hall–Kier alpha value is -3.07. The number of hydrogen-bond donors (Lipinski definition) is 3. The molecule has 0 saturated carbocycles. The van der Waals surface area contributed by atoms with Crippen LogP contribution in [0.1, 0.15) is 24.2 Å². The number of amides is 1. The summed E-state index contributed by atoms with van der Waals surface area (Å²) in [4.78, 5) is 26.0. The van der Waals surface area contributed by atoms with Gasteiger partial charge in [-0.25, -0.2) is 13.2 Å². The van der Waals surface area contributed by atoms with Gasteiger partial charge in [-0.15, -0.1) is 0 Å². The fraction of sp³-hybridized carbons (Fsp3) is 0.222. The zero-order valence-corrected chi connectivity index (χ0v) is 15.6. The van der Waals surface area contributed by atoms with Gasteiger partial charge >= 0.3 is 5.76 Å². The minimum absolute atomic E-state index is 0.0878. The number of benzene rings is 2. The van der Waals surface area contributed by atoms with Gasteiger partial charge in [-0.1, -0.05) is 26.0 Å². The maximum absolute atomic E-state index is 12.7. The molecule has 3 N–H and O–H groups in total. The van der Waals surface area contributed by atoms with Crippen molar-refractivity contribution in [1.29, 1.82) is 0 Å². The standard InChI is InChI=1S/C18H19N3O5S/c1-11(2)10-19-17(22)13-5-3-4-6-14(13)21-27(24,25)12-7-8-15-16(9-12)26-18(23)20-15/h3-9,11,21H,10H2,1-2H3,(H,19,22)(H,20,23). The maximum atomic E-state index is 12.7.